The highest BCUT2D eigenvalue weighted by Gasteiger charge is 2.27. The van der Waals surface area contributed by atoms with Crippen LogP contribution in [-0.2, 0) is 5.41 Å². The number of rotatable bonds is 5. The monoisotopic (exact) mass is 816 g/mol. The molecule has 0 aliphatic carbocycles. The molecule has 1 aliphatic heterocycles. The third kappa shape index (κ3) is 5.98. The summed E-state index contributed by atoms with van der Waals surface area (Å²) >= 11 is 0. The fourth-order valence-corrected chi connectivity index (χ4v) is 9.18. The molecule has 0 amide bonds. The van der Waals surface area contributed by atoms with Gasteiger partial charge in [-0.05, 0) is 92.9 Å². The topological polar surface area (TPSA) is 48.8 Å². The van der Waals surface area contributed by atoms with E-state index in [0.717, 1.165) is 72.2 Å². The van der Waals surface area contributed by atoms with Crippen LogP contribution in [0.25, 0.3) is 94.5 Å². The predicted molar refractivity (Wildman–Crippen MR) is 254 cm³/mol. The molecule has 12 rings (SSSR count). The summed E-state index contributed by atoms with van der Waals surface area (Å²) in [6.07, 6.45) is 8.97. The summed E-state index contributed by atoms with van der Waals surface area (Å²) in [5.74, 6) is 2.11. The van der Waals surface area contributed by atoms with Crippen LogP contribution in [0.3, 0.4) is 0 Å². The standard InChI is InChI=1S/C57H41N5O/c1-57(2,3)38-29-30-59-54(31-38)62-51-25-12-11-23-46(51)47-28-27-41(33-53(47)62)63-40-18-13-17-39(32-40)60-36-61-55-49(37-15-5-4-6-16-37)34-58-35-50(55)45-22-10-8-20-43(45)42-19-7-9-21-44(42)48-24-14-26-52(60)56(48)61/h4-35H,1-3H3/i4D,5D,6D,15D,16D. The van der Waals surface area contributed by atoms with Crippen LogP contribution in [0, 0.1) is 6.33 Å². The zero-order chi connectivity index (χ0) is 46.6. The van der Waals surface area contributed by atoms with Crippen molar-refractivity contribution >= 4 is 32.8 Å². The highest BCUT2D eigenvalue weighted by atomic mass is 16.5. The van der Waals surface area contributed by atoms with Crippen molar-refractivity contribution < 1.29 is 16.2 Å². The zero-order valence-corrected chi connectivity index (χ0v) is 34.7. The highest BCUT2D eigenvalue weighted by molar-refractivity contribution is 6.09. The number of nitrogens with zero attached hydrogens (tertiary/aromatic N) is 5. The first-order chi connectivity index (χ1) is 33.0. The van der Waals surface area contributed by atoms with E-state index >= 15 is 0 Å². The Balaban J connectivity index is 1.06. The first kappa shape index (κ1) is 31.7. The molecule has 0 saturated carbocycles. The molecule has 0 radical (unpaired) electrons. The summed E-state index contributed by atoms with van der Waals surface area (Å²) in [6, 6.07) is 47.4. The van der Waals surface area contributed by atoms with Gasteiger partial charge in [-0.1, -0.05) is 142 Å². The van der Waals surface area contributed by atoms with E-state index in [1.165, 1.54) is 5.56 Å². The van der Waals surface area contributed by atoms with Crippen molar-refractivity contribution in [3.05, 3.63) is 206 Å². The normalized spacial score (nSPS) is 13.2. The Bertz CT molecular complexity index is 3880. The predicted octanol–water partition coefficient (Wildman–Crippen LogP) is 13.7. The van der Waals surface area contributed by atoms with Crippen LogP contribution in [0.2, 0.25) is 0 Å². The molecule has 0 bridgehead atoms. The Morgan fingerprint density at radius 1 is 0.587 bits per heavy atom. The minimum atomic E-state index is -0.460. The molecule has 0 atom stereocenters. The summed E-state index contributed by atoms with van der Waals surface area (Å²) in [7, 11) is 0. The van der Waals surface area contributed by atoms with Crippen LogP contribution < -0.4 is 9.30 Å². The van der Waals surface area contributed by atoms with Crippen LogP contribution >= 0.6 is 0 Å². The number of aromatic nitrogens is 5. The van der Waals surface area contributed by atoms with Crippen molar-refractivity contribution in [1.82, 2.24) is 19.1 Å². The van der Waals surface area contributed by atoms with Crippen molar-refractivity contribution in [1.29, 1.82) is 0 Å². The second-order valence-electron chi connectivity index (χ2n) is 16.9. The van der Waals surface area contributed by atoms with Crippen molar-refractivity contribution in [2.24, 2.45) is 0 Å². The van der Waals surface area contributed by atoms with Crippen LogP contribution in [-0.4, -0.2) is 19.1 Å². The van der Waals surface area contributed by atoms with E-state index in [2.05, 4.69) is 104 Å². The molecule has 0 saturated heterocycles. The lowest BCUT2D eigenvalue weighted by atomic mass is 9.88. The molecule has 5 heterocycles. The lowest BCUT2D eigenvalue weighted by molar-refractivity contribution is -0.570. The summed E-state index contributed by atoms with van der Waals surface area (Å²) in [4.78, 5) is 9.57. The zero-order valence-electron chi connectivity index (χ0n) is 39.7. The number of para-hydroxylation sites is 2. The van der Waals surface area contributed by atoms with Crippen molar-refractivity contribution in [2.75, 3.05) is 0 Å². The summed E-state index contributed by atoms with van der Waals surface area (Å²) in [5, 5.41) is 2.22. The molecule has 0 fully saturated rings. The third-order valence-corrected chi connectivity index (χ3v) is 12.1. The van der Waals surface area contributed by atoms with Crippen LogP contribution in [0.4, 0.5) is 0 Å². The molecule has 7 aromatic carbocycles. The summed E-state index contributed by atoms with van der Waals surface area (Å²) in [5.41, 5.74) is 12.1. The molecule has 6 heteroatoms. The Morgan fingerprint density at radius 2 is 1.24 bits per heavy atom. The molecule has 63 heavy (non-hydrogen) atoms. The average Bonchev–Trinajstić information content (AvgIpc) is 3.92. The number of imidazole rings is 1. The largest absolute Gasteiger partial charge is 0.458 e. The van der Waals surface area contributed by atoms with E-state index in [1.807, 2.05) is 88.1 Å². The van der Waals surface area contributed by atoms with Gasteiger partial charge in [0.1, 0.15) is 17.3 Å². The Hall–Kier alpha value is -8.09. The minimum Gasteiger partial charge on any atom is -0.458 e. The Morgan fingerprint density at radius 3 is 2.03 bits per heavy atom. The van der Waals surface area contributed by atoms with Gasteiger partial charge in [0.2, 0.25) is 0 Å². The highest BCUT2D eigenvalue weighted by Crippen LogP contribution is 2.45. The van der Waals surface area contributed by atoms with E-state index in [9.17, 15) is 0 Å². The molecule has 300 valence electrons. The third-order valence-electron chi connectivity index (χ3n) is 12.1. The van der Waals surface area contributed by atoms with Crippen LogP contribution in [0.1, 0.15) is 33.2 Å². The molecular formula is C57H41N5O. The molecule has 0 N–H and O–H groups in total. The van der Waals surface area contributed by atoms with Gasteiger partial charge in [0, 0.05) is 46.6 Å². The Labute approximate surface area is 372 Å². The number of benzene rings is 7. The van der Waals surface area contributed by atoms with Gasteiger partial charge in [0.15, 0.2) is 0 Å². The maximum Gasteiger partial charge on any atom is 0.269 e. The number of ether oxygens (including phenoxy) is 1. The van der Waals surface area contributed by atoms with Gasteiger partial charge >= 0.3 is 0 Å². The molecule has 11 aromatic rings. The quantitative estimate of drug-likeness (QED) is 0.128. The Kier molecular flexibility index (Phi) is 7.18. The van der Waals surface area contributed by atoms with Gasteiger partial charge in [-0.15, -0.1) is 0 Å². The fourth-order valence-electron chi connectivity index (χ4n) is 9.18. The second kappa shape index (κ2) is 14.3. The lowest BCUT2D eigenvalue weighted by Crippen LogP contribution is -2.32. The molecule has 4 aromatic heterocycles. The van der Waals surface area contributed by atoms with Crippen LogP contribution in [0.15, 0.2) is 194 Å². The number of hydrogen-bond donors (Lipinski definition) is 0. The van der Waals surface area contributed by atoms with Gasteiger partial charge in [-0.3, -0.25) is 18.7 Å². The molecule has 0 spiro atoms. The minimum absolute atomic E-state index is 0.0537. The van der Waals surface area contributed by atoms with E-state index in [0.29, 0.717) is 28.3 Å². The average molecular weight is 817 g/mol. The fraction of sp³-hybridized carbons (Fsp3) is 0.0702. The lowest BCUT2D eigenvalue weighted by Gasteiger charge is -2.20. The van der Waals surface area contributed by atoms with E-state index in [1.54, 1.807) is 12.4 Å². The van der Waals surface area contributed by atoms with Gasteiger partial charge < -0.3 is 4.74 Å². The second-order valence-corrected chi connectivity index (χ2v) is 16.9. The molecule has 6 nitrogen and oxygen atoms in total. The number of pyridine rings is 2. The van der Waals surface area contributed by atoms with Gasteiger partial charge in [0.25, 0.3) is 6.33 Å². The maximum atomic E-state index is 9.14. The smallest absolute Gasteiger partial charge is 0.269 e. The van der Waals surface area contributed by atoms with Gasteiger partial charge in [0.05, 0.1) is 40.3 Å². The van der Waals surface area contributed by atoms with Gasteiger partial charge in [-0.2, -0.15) is 0 Å². The molecular weight excluding hydrogens is 771 g/mol. The van der Waals surface area contributed by atoms with Crippen molar-refractivity contribution in [2.45, 2.75) is 26.2 Å². The SMILES string of the molecule is [2H]c1c([2H])c([2H])c(-c2cncc3c2-[n+]2[c-]n(-c4cccc(Oc5ccc6c7ccccc7n(-c7cc(C(C)(C)C)ccn7)c6c5)c4)c4cccc(c42)-c2ccccc2-c2ccccc2-3)c([2H])c1[2H]. The maximum absolute atomic E-state index is 9.14. The van der Waals surface area contributed by atoms with Crippen LogP contribution in [0.5, 0.6) is 11.5 Å². The summed E-state index contributed by atoms with van der Waals surface area (Å²) < 4.78 is 57.0. The first-order valence-corrected chi connectivity index (χ1v) is 21.0. The van der Waals surface area contributed by atoms with E-state index in [4.69, 9.17) is 21.6 Å². The summed E-state index contributed by atoms with van der Waals surface area (Å²) in [6.45, 7) is 6.62. The van der Waals surface area contributed by atoms with Crippen molar-refractivity contribution in [3.63, 3.8) is 0 Å². The molecule has 0 unspecified atom stereocenters. The molecule has 1 aliphatic rings. The van der Waals surface area contributed by atoms with E-state index in [-0.39, 0.29) is 23.1 Å². The van der Waals surface area contributed by atoms with Gasteiger partial charge in [-0.25, -0.2) is 4.98 Å². The van der Waals surface area contributed by atoms with Crippen molar-refractivity contribution in [3.8, 4) is 73.2 Å². The number of fused-ring (bicyclic) bond motifs is 10. The first-order valence-electron chi connectivity index (χ1n) is 23.5. The van der Waals surface area contributed by atoms with E-state index < -0.39 is 18.1 Å². The number of hydrogen-bond acceptors (Lipinski definition) is 3.